The van der Waals surface area contributed by atoms with Gasteiger partial charge in [0.05, 0.1) is 8.07 Å². The van der Waals surface area contributed by atoms with Crippen molar-refractivity contribution in [3.05, 3.63) is 90.0 Å². The second kappa shape index (κ2) is 10.5. The van der Waals surface area contributed by atoms with Crippen LogP contribution in [0.2, 0.25) is 18.1 Å². The maximum Gasteiger partial charge on any atom is 0.127 e. The van der Waals surface area contributed by atoms with Crippen LogP contribution in [0.3, 0.4) is 0 Å². The highest BCUT2D eigenvalue weighted by Gasteiger charge is 2.30. The lowest BCUT2D eigenvalue weighted by atomic mass is 10.1. The van der Waals surface area contributed by atoms with Gasteiger partial charge in [0.1, 0.15) is 11.5 Å². The average molecular weight is 403 g/mol. The molecule has 0 atom stereocenters. The molecule has 0 N–H and O–H groups in total. The summed E-state index contributed by atoms with van der Waals surface area (Å²) in [5, 5.41) is 1.58. The minimum atomic E-state index is -1.44. The third-order valence-electron chi connectivity index (χ3n) is 6.29. The van der Waals surface area contributed by atoms with E-state index in [0.29, 0.717) is 0 Å². The molecule has 0 fully saturated rings. The molecule has 0 aliphatic carbocycles. The molecule has 0 spiro atoms. The van der Waals surface area contributed by atoms with Crippen molar-refractivity contribution >= 4 is 13.3 Å². The summed E-state index contributed by atoms with van der Waals surface area (Å²) in [4.78, 5) is 0. The van der Waals surface area contributed by atoms with Crippen molar-refractivity contribution in [1.82, 2.24) is 0 Å². The van der Waals surface area contributed by atoms with Crippen LogP contribution in [0.5, 0.6) is 11.5 Å². The third kappa shape index (κ3) is 5.83. The summed E-state index contributed by atoms with van der Waals surface area (Å²) < 4.78 is 5.98. The fourth-order valence-corrected chi connectivity index (χ4v) is 8.32. The van der Waals surface area contributed by atoms with Gasteiger partial charge in [-0.15, -0.1) is 0 Å². The predicted molar refractivity (Wildman–Crippen MR) is 128 cm³/mol. The van der Waals surface area contributed by atoms with Crippen molar-refractivity contribution in [2.45, 2.75) is 58.2 Å². The molecule has 0 unspecified atom stereocenters. The molecule has 3 rings (SSSR count). The molecular weight excluding hydrogens is 368 g/mol. The molecule has 0 radical (unpaired) electrons. The van der Waals surface area contributed by atoms with Crippen LogP contribution in [0, 0.1) is 6.92 Å². The largest absolute Gasteiger partial charge is 0.457 e. The summed E-state index contributed by atoms with van der Waals surface area (Å²) in [6.45, 7) is 6.94. The van der Waals surface area contributed by atoms with Gasteiger partial charge in [0.15, 0.2) is 0 Å². The van der Waals surface area contributed by atoms with Gasteiger partial charge in [-0.2, -0.15) is 0 Å². The molecule has 2 heteroatoms. The van der Waals surface area contributed by atoms with Gasteiger partial charge >= 0.3 is 0 Å². The number of ether oxygens (including phenoxy) is 1. The minimum absolute atomic E-state index is 0.894. The monoisotopic (exact) mass is 402 g/mol. The van der Waals surface area contributed by atoms with Crippen LogP contribution in [0.15, 0.2) is 78.9 Å². The number of unbranched alkanes of at least 4 members (excludes halogenated alkanes) is 1. The van der Waals surface area contributed by atoms with E-state index in [-0.39, 0.29) is 0 Å². The van der Waals surface area contributed by atoms with Crippen molar-refractivity contribution in [1.29, 1.82) is 0 Å². The smallest absolute Gasteiger partial charge is 0.127 e. The van der Waals surface area contributed by atoms with Gasteiger partial charge in [-0.1, -0.05) is 104 Å². The summed E-state index contributed by atoms with van der Waals surface area (Å²) in [7, 11) is -1.44. The summed E-state index contributed by atoms with van der Waals surface area (Å²) in [5.41, 5.74) is 2.81. The first-order valence-electron chi connectivity index (χ1n) is 11.0. The fourth-order valence-electron chi connectivity index (χ4n) is 4.20. The van der Waals surface area contributed by atoms with E-state index in [4.69, 9.17) is 4.74 Å². The van der Waals surface area contributed by atoms with Crippen molar-refractivity contribution in [3.63, 3.8) is 0 Å². The molecule has 0 bridgehead atoms. The quantitative estimate of drug-likeness (QED) is 0.252. The molecule has 0 aliphatic rings. The van der Waals surface area contributed by atoms with Crippen LogP contribution >= 0.6 is 0 Å². The highest BCUT2D eigenvalue weighted by molar-refractivity contribution is 6.91. The summed E-state index contributed by atoms with van der Waals surface area (Å²) >= 11 is 0. The predicted octanol–water partition coefficient (Wildman–Crippen LogP) is 7.51. The number of hydrogen-bond acceptors (Lipinski definition) is 1. The van der Waals surface area contributed by atoms with E-state index in [1.807, 2.05) is 30.3 Å². The first-order valence-corrected chi connectivity index (χ1v) is 13.7. The summed E-state index contributed by atoms with van der Waals surface area (Å²) in [6.07, 6.45) is 3.80. The molecule has 0 aromatic heterocycles. The van der Waals surface area contributed by atoms with E-state index in [1.54, 1.807) is 5.19 Å². The number of aryl methyl sites for hydroxylation is 2. The highest BCUT2D eigenvalue weighted by Crippen LogP contribution is 2.26. The van der Waals surface area contributed by atoms with Crippen molar-refractivity contribution in [2.75, 3.05) is 0 Å². The maximum atomic E-state index is 5.98. The molecule has 152 valence electrons. The van der Waals surface area contributed by atoms with Crippen molar-refractivity contribution in [3.8, 4) is 11.5 Å². The summed E-state index contributed by atoms with van der Waals surface area (Å²) in [6, 6.07) is 32.0. The Kier molecular flexibility index (Phi) is 7.71. The Labute approximate surface area is 177 Å². The third-order valence-corrected chi connectivity index (χ3v) is 11.9. The molecule has 0 saturated heterocycles. The Morgan fingerprint density at radius 1 is 0.690 bits per heavy atom. The average Bonchev–Trinajstić information content (AvgIpc) is 2.77. The number of benzene rings is 3. The zero-order valence-corrected chi connectivity index (χ0v) is 19.2. The lowest BCUT2D eigenvalue weighted by molar-refractivity contribution is 0.483. The molecule has 0 aliphatic heterocycles. The first kappa shape index (κ1) is 21.4. The second-order valence-corrected chi connectivity index (χ2v) is 13.2. The van der Waals surface area contributed by atoms with Gasteiger partial charge in [-0.05, 0) is 49.6 Å². The fraction of sp³-hybridized carbons (Fsp3) is 0.333. The molecule has 29 heavy (non-hydrogen) atoms. The Morgan fingerprint density at radius 2 is 1.31 bits per heavy atom. The minimum Gasteiger partial charge on any atom is -0.457 e. The van der Waals surface area contributed by atoms with E-state index in [0.717, 1.165) is 11.5 Å². The molecule has 0 amide bonds. The number of hydrogen-bond donors (Lipinski definition) is 0. The van der Waals surface area contributed by atoms with E-state index < -0.39 is 8.07 Å². The molecule has 3 aromatic carbocycles. The number of para-hydroxylation sites is 1. The number of rotatable bonds is 10. The maximum absolute atomic E-state index is 5.98. The second-order valence-electron chi connectivity index (χ2n) is 8.12. The van der Waals surface area contributed by atoms with Crippen LogP contribution < -0.4 is 9.92 Å². The van der Waals surface area contributed by atoms with E-state index >= 15 is 0 Å². The van der Waals surface area contributed by atoms with Gasteiger partial charge in [0, 0.05) is 0 Å². The van der Waals surface area contributed by atoms with Crippen LogP contribution in [0.25, 0.3) is 0 Å². The highest BCUT2D eigenvalue weighted by atomic mass is 28.3. The van der Waals surface area contributed by atoms with Crippen molar-refractivity contribution in [2.24, 2.45) is 0 Å². The van der Waals surface area contributed by atoms with Crippen LogP contribution in [0.4, 0.5) is 0 Å². The first-order chi connectivity index (χ1) is 14.1. The van der Waals surface area contributed by atoms with Gasteiger partial charge in [0.25, 0.3) is 0 Å². The molecule has 3 aromatic rings. The van der Waals surface area contributed by atoms with Crippen molar-refractivity contribution < 1.29 is 4.74 Å². The Morgan fingerprint density at radius 3 is 1.93 bits per heavy atom. The van der Waals surface area contributed by atoms with Gasteiger partial charge in [-0.25, -0.2) is 0 Å². The van der Waals surface area contributed by atoms with Crippen LogP contribution in [-0.4, -0.2) is 8.07 Å². The van der Waals surface area contributed by atoms with E-state index in [1.165, 1.54) is 48.5 Å². The SMILES string of the molecule is CC[Si](CC)(CCCCc1ccc(C)cc1)c1ccc(Oc2ccccc2)cc1. The molecule has 0 saturated carbocycles. The lowest BCUT2D eigenvalue weighted by Crippen LogP contribution is -2.46. The standard InChI is InChI=1S/C27H34OSi/c1-4-29(5-2,22-10-9-11-24-16-14-23(3)15-17-24)27-20-18-26(19-21-27)28-25-12-7-6-8-13-25/h6-8,12-21H,4-5,9-11,22H2,1-3H3. The van der Waals surface area contributed by atoms with Gasteiger partial charge < -0.3 is 4.74 Å². The van der Waals surface area contributed by atoms with Crippen LogP contribution in [0.1, 0.15) is 37.8 Å². The Hall–Kier alpha value is -2.32. The van der Waals surface area contributed by atoms with Gasteiger partial charge in [0.2, 0.25) is 0 Å². The van der Waals surface area contributed by atoms with E-state index in [9.17, 15) is 0 Å². The topological polar surface area (TPSA) is 9.23 Å². The molecular formula is C27H34OSi. The zero-order chi connectivity index (χ0) is 20.5. The lowest BCUT2D eigenvalue weighted by Gasteiger charge is -2.30. The molecule has 1 nitrogen and oxygen atoms in total. The Bertz CT molecular complexity index is 849. The van der Waals surface area contributed by atoms with Gasteiger partial charge in [-0.3, -0.25) is 0 Å². The van der Waals surface area contributed by atoms with E-state index in [2.05, 4.69) is 69.3 Å². The Balaban J connectivity index is 1.60. The zero-order valence-electron chi connectivity index (χ0n) is 18.2. The van der Waals surface area contributed by atoms with Crippen LogP contribution in [-0.2, 0) is 6.42 Å². The summed E-state index contributed by atoms with van der Waals surface area (Å²) in [5.74, 6) is 1.82. The normalized spacial score (nSPS) is 11.4. The molecule has 0 heterocycles.